The van der Waals surface area contributed by atoms with Gasteiger partial charge < -0.3 is 19.9 Å². The highest BCUT2D eigenvalue weighted by molar-refractivity contribution is 5.80. The summed E-state index contributed by atoms with van der Waals surface area (Å²) in [5.74, 6) is 4.15. The van der Waals surface area contributed by atoms with Crippen molar-refractivity contribution in [2.45, 2.75) is 71.9 Å². The molecular weight excluding hydrogens is 390 g/mol. The summed E-state index contributed by atoms with van der Waals surface area (Å²) in [6.07, 6.45) is 7.99. The van der Waals surface area contributed by atoms with Gasteiger partial charge in [-0.2, -0.15) is 0 Å². The van der Waals surface area contributed by atoms with Crippen LogP contribution in [0, 0.1) is 18.8 Å². The molecule has 2 fully saturated rings. The van der Waals surface area contributed by atoms with E-state index in [0.29, 0.717) is 18.5 Å². The zero-order valence-corrected chi connectivity index (χ0v) is 20.1. The van der Waals surface area contributed by atoms with Crippen molar-refractivity contribution in [1.29, 1.82) is 0 Å². The molecule has 1 saturated carbocycles. The highest BCUT2D eigenvalue weighted by atomic mass is 16.5. The number of morpholine rings is 1. The lowest BCUT2D eigenvalue weighted by molar-refractivity contribution is 0.0376. The lowest BCUT2D eigenvalue weighted by atomic mass is 9.78. The van der Waals surface area contributed by atoms with Crippen LogP contribution >= 0.6 is 0 Å². The fourth-order valence-electron chi connectivity index (χ4n) is 4.64. The Morgan fingerprint density at radius 2 is 1.90 bits per heavy atom. The highest BCUT2D eigenvalue weighted by Crippen LogP contribution is 2.31. The first-order valence-electron chi connectivity index (χ1n) is 12.2. The molecule has 1 aliphatic heterocycles. The quantitative estimate of drug-likeness (QED) is 0.354. The van der Waals surface area contributed by atoms with Crippen LogP contribution in [-0.2, 0) is 18.3 Å². The predicted octanol–water partition coefficient (Wildman–Crippen LogP) is 2.49. The Hall–Kier alpha value is -1.67. The molecule has 2 unspecified atom stereocenters. The van der Waals surface area contributed by atoms with Crippen LogP contribution in [0.5, 0.6) is 0 Å². The summed E-state index contributed by atoms with van der Waals surface area (Å²) in [6.45, 7) is 13.0. The van der Waals surface area contributed by atoms with Crippen molar-refractivity contribution >= 4 is 5.96 Å². The maximum atomic E-state index is 5.45. The highest BCUT2D eigenvalue weighted by Gasteiger charge is 2.25. The van der Waals surface area contributed by atoms with Gasteiger partial charge in [0.2, 0.25) is 0 Å². The third-order valence-electron chi connectivity index (χ3n) is 7.16. The first-order chi connectivity index (χ1) is 15.0. The number of aryl methyl sites for hydroxylation is 1. The molecule has 0 aromatic carbocycles. The topological polar surface area (TPSA) is 79.6 Å². The van der Waals surface area contributed by atoms with Gasteiger partial charge in [0, 0.05) is 32.7 Å². The van der Waals surface area contributed by atoms with E-state index in [-0.39, 0.29) is 0 Å². The van der Waals surface area contributed by atoms with E-state index in [1.54, 1.807) is 0 Å². The van der Waals surface area contributed by atoms with Gasteiger partial charge in [0.05, 0.1) is 13.2 Å². The van der Waals surface area contributed by atoms with E-state index in [9.17, 15) is 0 Å². The molecule has 0 amide bonds. The molecule has 176 valence electrons. The maximum absolute atomic E-state index is 5.45. The molecule has 0 radical (unpaired) electrons. The minimum atomic E-state index is 0.384. The molecule has 1 saturated heterocycles. The van der Waals surface area contributed by atoms with Crippen LogP contribution in [0.3, 0.4) is 0 Å². The van der Waals surface area contributed by atoms with Gasteiger partial charge in [0.1, 0.15) is 12.4 Å². The number of hydrogen-bond donors (Lipinski definition) is 2. The average Bonchev–Trinajstić information content (AvgIpc) is 3.13. The first-order valence-corrected chi connectivity index (χ1v) is 12.2. The molecule has 3 rings (SSSR count). The Kier molecular flexibility index (Phi) is 9.58. The Bertz CT molecular complexity index is 677. The first kappa shape index (κ1) is 24.0. The van der Waals surface area contributed by atoms with Gasteiger partial charge in [0.15, 0.2) is 11.8 Å². The SMILES string of the molecule is Cc1nnc(CN=C(NCCCN2CCOCC2)NC(C)C(C)C2CCCCC2)n1C. The lowest BCUT2D eigenvalue weighted by Crippen LogP contribution is -2.47. The van der Waals surface area contributed by atoms with E-state index in [1.807, 2.05) is 18.5 Å². The van der Waals surface area contributed by atoms with Gasteiger partial charge in [-0.15, -0.1) is 10.2 Å². The second kappa shape index (κ2) is 12.4. The van der Waals surface area contributed by atoms with Crippen LogP contribution in [0.15, 0.2) is 4.99 Å². The van der Waals surface area contributed by atoms with E-state index in [0.717, 1.165) is 69.3 Å². The van der Waals surface area contributed by atoms with E-state index in [4.69, 9.17) is 9.73 Å². The molecule has 2 N–H and O–H groups in total. The predicted molar refractivity (Wildman–Crippen MR) is 125 cm³/mol. The van der Waals surface area contributed by atoms with Crippen molar-refractivity contribution in [3.8, 4) is 0 Å². The monoisotopic (exact) mass is 433 g/mol. The number of nitrogens with zero attached hydrogens (tertiary/aromatic N) is 5. The number of aromatic nitrogens is 3. The summed E-state index contributed by atoms with van der Waals surface area (Å²) in [7, 11) is 2.00. The van der Waals surface area contributed by atoms with Crippen molar-refractivity contribution in [3.63, 3.8) is 0 Å². The lowest BCUT2D eigenvalue weighted by Gasteiger charge is -2.33. The van der Waals surface area contributed by atoms with Gasteiger partial charge in [-0.05, 0) is 38.6 Å². The van der Waals surface area contributed by atoms with Crippen LogP contribution in [0.4, 0.5) is 0 Å². The van der Waals surface area contributed by atoms with Crippen molar-refractivity contribution in [2.75, 3.05) is 39.4 Å². The van der Waals surface area contributed by atoms with E-state index >= 15 is 0 Å². The van der Waals surface area contributed by atoms with Gasteiger partial charge in [-0.1, -0.05) is 39.0 Å². The standard InChI is InChI=1S/C23H43N7O/c1-18(21-9-6-5-7-10-21)19(2)26-23(25-17-22-28-27-20(3)29(22)4)24-11-8-12-30-13-15-31-16-14-30/h18-19,21H,5-17H2,1-4H3,(H2,24,25,26). The van der Waals surface area contributed by atoms with Crippen molar-refractivity contribution in [1.82, 2.24) is 30.3 Å². The minimum Gasteiger partial charge on any atom is -0.379 e. The molecule has 1 aliphatic carbocycles. The Labute approximate surface area is 188 Å². The summed E-state index contributed by atoms with van der Waals surface area (Å²) in [5, 5.41) is 15.7. The normalized spacial score (nSPS) is 21.1. The minimum absolute atomic E-state index is 0.384. The molecule has 8 nitrogen and oxygen atoms in total. The van der Waals surface area contributed by atoms with E-state index in [1.165, 1.54) is 32.1 Å². The van der Waals surface area contributed by atoms with E-state index < -0.39 is 0 Å². The van der Waals surface area contributed by atoms with Crippen LogP contribution < -0.4 is 10.6 Å². The zero-order chi connectivity index (χ0) is 22.1. The molecule has 8 heteroatoms. The van der Waals surface area contributed by atoms with Crippen LogP contribution in [-0.4, -0.2) is 71.1 Å². The number of rotatable bonds is 9. The summed E-state index contributed by atoms with van der Waals surface area (Å²) < 4.78 is 7.45. The smallest absolute Gasteiger partial charge is 0.191 e. The van der Waals surface area contributed by atoms with Gasteiger partial charge in [-0.3, -0.25) is 4.90 Å². The maximum Gasteiger partial charge on any atom is 0.191 e. The fraction of sp³-hybridized carbons (Fsp3) is 0.870. The second-order valence-electron chi connectivity index (χ2n) is 9.31. The Morgan fingerprint density at radius 1 is 1.16 bits per heavy atom. The van der Waals surface area contributed by atoms with E-state index in [2.05, 4.69) is 39.6 Å². The Morgan fingerprint density at radius 3 is 2.58 bits per heavy atom. The molecule has 0 bridgehead atoms. The van der Waals surface area contributed by atoms with Gasteiger partial charge in [-0.25, -0.2) is 4.99 Å². The summed E-state index contributed by atoms with van der Waals surface area (Å²) in [6, 6.07) is 0.384. The largest absolute Gasteiger partial charge is 0.379 e. The third-order valence-corrected chi connectivity index (χ3v) is 7.16. The summed E-state index contributed by atoms with van der Waals surface area (Å²) in [5.41, 5.74) is 0. The second-order valence-corrected chi connectivity index (χ2v) is 9.31. The van der Waals surface area contributed by atoms with Gasteiger partial charge in [0.25, 0.3) is 0 Å². The third kappa shape index (κ3) is 7.45. The van der Waals surface area contributed by atoms with Crippen LogP contribution in [0.1, 0.15) is 64.0 Å². The summed E-state index contributed by atoms with van der Waals surface area (Å²) >= 11 is 0. The molecule has 1 aromatic rings. The number of ether oxygens (including phenoxy) is 1. The molecule has 31 heavy (non-hydrogen) atoms. The van der Waals surface area contributed by atoms with Crippen LogP contribution in [0.25, 0.3) is 0 Å². The fourth-order valence-corrected chi connectivity index (χ4v) is 4.64. The van der Waals surface area contributed by atoms with Gasteiger partial charge >= 0.3 is 0 Å². The molecule has 0 spiro atoms. The number of hydrogen-bond acceptors (Lipinski definition) is 5. The van der Waals surface area contributed by atoms with Crippen LogP contribution in [0.2, 0.25) is 0 Å². The number of nitrogens with one attached hydrogen (secondary N) is 2. The number of aliphatic imine (C=N–C) groups is 1. The number of guanidine groups is 1. The average molecular weight is 434 g/mol. The Balaban J connectivity index is 1.54. The zero-order valence-electron chi connectivity index (χ0n) is 20.1. The molecule has 2 atom stereocenters. The molecule has 2 heterocycles. The summed E-state index contributed by atoms with van der Waals surface area (Å²) in [4.78, 5) is 7.34. The van der Waals surface area contributed by atoms with Crippen molar-refractivity contribution in [2.24, 2.45) is 23.9 Å². The molecule has 2 aliphatic rings. The van der Waals surface area contributed by atoms with Crippen molar-refractivity contribution in [3.05, 3.63) is 11.6 Å². The van der Waals surface area contributed by atoms with Crippen molar-refractivity contribution < 1.29 is 4.74 Å². The molecular formula is C23H43N7O. The molecule has 1 aromatic heterocycles.